The zero-order chi connectivity index (χ0) is 11.5. The van der Waals surface area contributed by atoms with Crippen molar-refractivity contribution < 1.29 is 4.74 Å². The summed E-state index contributed by atoms with van der Waals surface area (Å²) in [4.78, 5) is 4.55. The molecule has 1 heterocycles. The Labute approximate surface area is 105 Å². The normalized spacial score (nSPS) is 18.3. The minimum atomic E-state index is 0.417. The molecular weight excluding hydrogens is 266 g/mol. The van der Waals surface area contributed by atoms with Gasteiger partial charge in [-0.15, -0.1) is 0 Å². The maximum absolute atomic E-state index is 5.62. The Bertz CT molecular complexity index is 415. The quantitative estimate of drug-likeness (QED) is 0.830. The molecule has 0 saturated carbocycles. The van der Waals surface area contributed by atoms with E-state index in [-0.39, 0.29) is 0 Å². The summed E-state index contributed by atoms with van der Waals surface area (Å²) in [7, 11) is 0. The van der Waals surface area contributed by atoms with Gasteiger partial charge in [-0.25, -0.2) is 0 Å². The Hall–Kier alpha value is -0.830. The average molecular weight is 282 g/mol. The molecule has 1 aliphatic heterocycles. The minimum Gasteiger partial charge on any atom is -0.493 e. The number of hydrogen-bond donors (Lipinski definition) is 0. The van der Waals surface area contributed by atoms with E-state index in [9.17, 15) is 0 Å². The highest BCUT2D eigenvalue weighted by Gasteiger charge is 2.19. The van der Waals surface area contributed by atoms with E-state index in [1.54, 1.807) is 0 Å². The van der Waals surface area contributed by atoms with Gasteiger partial charge in [-0.1, -0.05) is 22.9 Å². The molecule has 0 unspecified atom stereocenters. The van der Waals surface area contributed by atoms with Crippen LogP contribution in [-0.2, 0) is 6.42 Å². The molecule has 86 valence electrons. The smallest absolute Gasteiger partial charge is 0.128 e. The monoisotopic (exact) mass is 281 g/mol. The van der Waals surface area contributed by atoms with E-state index in [4.69, 9.17) is 4.74 Å². The molecule has 0 amide bonds. The molecule has 0 spiro atoms. The highest BCUT2D eigenvalue weighted by molar-refractivity contribution is 9.10. The molecule has 2 nitrogen and oxygen atoms in total. The Morgan fingerprint density at radius 1 is 1.44 bits per heavy atom. The maximum atomic E-state index is 5.62. The average Bonchev–Trinajstić information content (AvgIpc) is 2.33. The molecule has 1 aliphatic rings. The Balaban J connectivity index is 2.42. The topological polar surface area (TPSA) is 21.6 Å². The second kappa shape index (κ2) is 5.00. The SMILES string of the molecule is CCOc1ccc(Br)c2c1C=N[C@H](CC)C2. The summed E-state index contributed by atoms with van der Waals surface area (Å²) >= 11 is 3.61. The second-order valence-electron chi connectivity index (χ2n) is 3.92. The van der Waals surface area contributed by atoms with Gasteiger partial charge in [-0.2, -0.15) is 0 Å². The summed E-state index contributed by atoms with van der Waals surface area (Å²) in [5.41, 5.74) is 2.47. The lowest BCUT2D eigenvalue weighted by atomic mass is 9.96. The Kier molecular flexibility index (Phi) is 3.64. The van der Waals surface area contributed by atoms with E-state index < -0.39 is 0 Å². The first-order chi connectivity index (χ1) is 7.76. The van der Waals surface area contributed by atoms with E-state index >= 15 is 0 Å². The number of rotatable bonds is 3. The van der Waals surface area contributed by atoms with Crippen LogP contribution in [0.4, 0.5) is 0 Å². The number of fused-ring (bicyclic) bond motifs is 1. The Morgan fingerprint density at radius 3 is 2.94 bits per heavy atom. The lowest BCUT2D eigenvalue weighted by Gasteiger charge is -2.21. The van der Waals surface area contributed by atoms with Gasteiger partial charge in [0, 0.05) is 16.3 Å². The molecule has 0 aromatic heterocycles. The van der Waals surface area contributed by atoms with Gasteiger partial charge in [0.15, 0.2) is 0 Å². The van der Waals surface area contributed by atoms with Crippen LogP contribution in [0.25, 0.3) is 0 Å². The summed E-state index contributed by atoms with van der Waals surface area (Å²) in [5, 5.41) is 0. The summed E-state index contributed by atoms with van der Waals surface area (Å²) in [6, 6.07) is 4.49. The van der Waals surface area contributed by atoms with Crippen molar-refractivity contribution in [3.05, 3.63) is 27.7 Å². The predicted molar refractivity (Wildman–Crippen MR) is 70.7 cm³/mol. The predicted octanol–water partition coefficient (Wildman–Crippen LogP) is 3.60. The molecule has 0 saturated heterocycles. The molecule has 0 N–H and O–H groups in total. The lowest BCUT2D eigenvalue weighted by molar-refractivity contribution is 0.339. The first-order valence-electron chi connectivity index (χ1n) is 5.73. The largest absolute Gasteiger partial charge is 0.493 e. The van der Waals surface area contributed by atoms with E-state index in [2.05, 4.69) is 33.9 Å². The van der Waals surface area contributed by atoms with E-state index in [0.29, 0.717) is 12.6 Å². The van der Waals surface area contributed by atoms with Crippen LogP contribution < -0.4 is 4.74 Å². The molecule has 1 aromatic rings. The van der Waals surface area contributed by atoms with Crippen molar-refractivity contribution in [3.8, 4) is 5.75 Å². The van der Waals surface area contributed by atoms with Crippen LogP contribution in [-0.4, -0.2) is 18.9 Å². The van der Waals surface area contributed by atoms with Crippen LogP contribution in [0.5, 0.6) is 5.75 Å². The van der Waals surface area contributed by atoms with Gasteiger partial charge >= 0.3 is 0 Å². The lowest BCUT2D eigenvalue weighted by Crippen LogP contribution is -2.16. The third-order valence-electron chi connectivity index (χ3n) is 2.89. The van der Waals surface area contributed by atoms with Crippen LogP contribution in [0.1, 0.15) is 31.4 Å². The summed E-state index contributed by atoms with van der Waals surface area (Å²) in [6.07, 6.45) is 4.05. The number of ether oxygens (including phenoxy) is 1. The summed E-state index contributed by atoms with van der Waals surface area (Å²) in [5.74, 6) is 0.944. The van der Waals surface area contributed by atoms with Gasteiger partial charge in [0.05, 0.1) is 12.6 Å². The van der Waals surface area contributed by atoms with Crippen LogP contribution in [0.15, 0.2) is 21.6 Å². The maximum Gasteiger partial charge on any atom is 0.128 e. The zero-order valence-electron chi connectivity index (χ0n) is 9.66. The second-order valence-corrected chi connectivity index (χ2v) is 4.77. The van der Waals surface area contributed by atoms with Crippen molar-refractivity contribution in [2.45, 2.75) is 32.7 Å². The van der Waals surface area contributed by atoms with Crippen LogP contribution in [0.3, 0.4) is 0 Å². The van der Waals surface area contributed by atoms with Crippen LogP contribution >= 0.6 is 15.9 Å². The van der Waals surface area contributed by atoms with E-state index in [1.807, 2.05) is 19.2 Å². The van der Waals surface area contributed by atoms with Gasteiger partial charge in [0.25, 0.3) is 0 Å². The number of hydrogen-bond acceptors (Lipinski definition) is 2. The molecule has 1 aromatic carbocycles. The third-order valence-corrected chi connectivity index (χ3v) is 3.63. The molecule has 0 radical (unpaired) electrons. The van der Waals surface area contributed by atoms with E-state index in [1.165, 1.54) is 5.56 Å². The molecule has 3 heteroatoms. The number of halogens is 1. The standard InChI is InChI=1S/C13H16BrNO/c1-3-9-7-10-11(8-15-9)13(16-4-2)6-5-12(10)14/h5-6,8-9H,3-4,7H2,1-2H3/t9-/m1/s1. The van der Waals surface area contributed by atoms with Crippen molar-refractivity contribution in [2.75, 3.05) is 6.61 Å². The van der Waals surface area contributed by atoms with Crippen molar-refractivity contribution in [3.63, 3.8) is 0 Å². The first-order valence-corrected chi connectivity index (χ1v) is 6.52. The molecule has 0 fully saturated rings. The van der Waals surface area contributed by atoms with Crippen molar-refractivity contribution in [2.24, 2.45) is 4.99 Å². The van der Waals surface area contributed by atoms with Crippen molar-refractivity contribution in [1.29, 1.82) is 0 Å². The molecule has 1 atom stereocenters. The fourth-order valence-corrected chi connectivity index (χ4v) is 2.47. The molecule has 16 heavy (non-hydrogen) atoms. The molecule has 0 aliphatic carbocycles. The summed E-state index contributed by atoms with van der Waals surface area (Å²) < 4.78 is 6.78. The van der Waals surface area contributed by atoms with Crippen LogP contribution in [0.2, 0.25) is 0 Å². The Morgan fingerprint density at radius 2 is 2.25 bits per heavy atom. The highest BCUT2D eigenvalue weighted by Crippen LogP contribution is 2.32. The molecule has 2 rings (SSSR count). The van der Waals surface area contributed by atoms with Gasteiger partial charge < -0.3 is 4.74 Å². The van der Waals surface area contributed by atoms with Crippen molar-refractivity contribution in [1.82, 2.24) is 0 Å². The van der Waals surface area contributed by atoms with Crippen molar-refractivity contribution >= 4 is 22.1 Å². The number of aliphatic imine (C=N–C) groups is 1. The van der Waals surface area contributed by atoms with Gasteiger partial charge in [-0.05, 0) is 37.5 Å². The van der Waals surface area contributed by atoms with Crippen LogP contribution in [0, 0.1) is 0 Å². The van der Waals surface area contributed by atoms with Gasteiger partial charge in [-0.3, -0.25) is 4.99 Å². The van der Waals surface area contributed by atoms with Gasteiger partial charge in [0.1, 0.15) is 5.75 Å². The van der Waals surface area contributed by atoms with E-state index in [0.717, 1.165) is 28.6 Å². The first kappa shape index (κ1) is 11.6. The number of benzene rings is 1. The third kappa shape index (κ3) is 2.14. The molecule has 0 bridgehead atoms. The number of nitrogens with zero attached hydrogens (tertiary/aromatic N) is 1. The highest BCUT2D eigenvalue weighted by atomic mass is 79.9. The fraction of sp³-hybridized carbons (Fsp3) is 0.462. The van der Waals surface area contributed by atoms with Gasteiger partial charge in [0.2, 0.25) is 0 Å². The fourth-order valence-electron chi connectivity index (χ4n) is 1.96. The molecular formula is C13H16BrNO. The zero-order valence-corrected chi connectivity index (χ0v) is 11.3. The minimum absolute atomic E-state index is 0.417. The summed E-state index contributed by atoms with van der Waals surface area (Å²) in [6.45, 7) is 4.87.